The zero-order valence-corrected chi connectivity index (χ0v) is 13.9. The Hall–Kier alpha value is -1.24. The Morgan fingerprint density at radius 2 is 2.09 bits per heavy atom. The Morgan fingerprint density at radius 3 is 2.91 bits per heavy atom. The molecule has 0 unspecified atom stereocenters. The highest BCUT2D eigenvalue weighted by molar-refractivity contribution is 5.40. The van der Waals surface area contributed by atoms with Crippen molar-refractivity contribution in [3.63, 3.8) is 0 Å². The van der Waals surface area contributed by atoms with Crippen LogP contribution < -0.4 is 0 Å². The monoisotopic (exact) mass is 296 g/mol. The van der Waals surface area contributed by atoms with Crippen LogP contribution in [0.15, 0.2) is 29.8 Å². The second kappa shape index (κ2) is 5.15. The lowest BCUT2D eigenvalue weighted by Gasteiger charge is -2.49. The second-order valence-electron chi connectivity index (χ2n) is 7.93. The fourth-order valence-electron chi connectivity index (χ4n) is 6.00. The number of phenols is 1. The molecule has 1 aromatic rings. The first kappa shape index (κ1) is 14.4. The van der Waals surface area contributed by atoms with Gasteiger partial charge in [-0.05, 0) is 91.4 Å². The highest BCUT2D eigenvalue weighted by Crippen LogP contribution is 2.62. The van der Waals surface area contributed by atoms with Gasteiger partial charge in [0.2, 0.25) is 0 Å². The van der Waals surface area contributed by atoms with Crippen molar-refractivity contribution < 1.29 is 5.11 Å². The molecule has 0 saturated heterocycles. The summed E-state index contributed by atoms with van der Waals surface area (Å²) in [7, 11) is 0. The van der Waals surface area contributed by atoms with Crippen LogP contribution in [0, 0.1) is 17.3 Å². The largest absolute Gasteiger partial charge is 0.508 e. The summed E-state index contributed by atoms with van der Waals surface area (Å²) < 4.78 is 0. The Bertz CT molecular complexity index is 614. The van der Waals surface area contributed by atoms with E-state index < -0.39 is 0 Å². The molecule has 1 N–H and O–H groups in total. The molecular formula is C21H28O. The number of hydrogen-bond acceptors (Lipinski definition) is 1. The molecule has 0 amide bonds. The lowest BCUT2D eigenvalue weighted by molar-refractivity contribution is 0.0812. The van der Waals surface area contributed by atoms with Crippen molar-refractivity contribution in [1.29, 1.82) is 0 Å². The lowest BCUT2D eigenvalue weighted by Crippen LogP contribution is -2.40. The molecule has 1 heteroatoms. The van der Waals surface area contributed by atoms with Crippen molar-refractivity contribution >= 4 is 0 Å². The SMILES string of the molecule is CC/C=C1\CC[C@H]2[C@@H]3CCc4cc(O)ccc4[C@H]3CC[C@]12C. The van der Waals surface area contributed by atoms with Crippen LogP contribution in [0.4, 0.5) is 0 Å². The van der Waals surface area contributed by atoms with Gasteiger partial charge in [0.1, 0.15) is 5.75 Å². The van der Waals surface area contributed by atoms with E-state index >= 15 is 0 Å². The number of rotatable bonds is 1. The summed E-state index contributed by atoms with van der Waals surface area (Å²) in [5.41, 5.74) is 5.19. The van der Waals surface area contributed by atoms with Gasteiger partial charge in [-0.25, -0.2) is 0 Å². The zero-order valence-electron chi connectivity index (χ0n) is 13.9. The minimum Gasteiger partial charge on any atom is -0.508 e. The Labute approximate surface area is 134 Å². The van der Waals surface area contributed by atoms with Crippen molar-refractivity contribution in [2.24, 2.45) is 17.3 Å². The van der Waals surface area contributed by atoms with E-state index in [1.165, 1.54) is 44.1 Å². The molecule has 2 saturated carbocycles. The van der Waals surface area contributed by atoms with E-state index in [-0.39, 0.29) is 0 Å². The van der Waals surface area contributed by atoms with E-state index in [0.29, 0.717) is 11.2 Å². The number of aromatic hydroxyl groups is 1. The number of benzene rings is 1. The van der Waals surface area contributed by atoms with Crippen LogP contribution in [-0.4, -0.2) is 5.11 Å². The average molecular weight is 296 g/mol. The predicted octanol–water partition coefficient (Wildman–Crippen LogP) is 5.58. The lowest BCUT2D eigenvalue weighted by atomic mass is 9.55. The van der Waals surface area contributed by atoms with Crippen LogP contribution in [0.3, 0.4) is 0 Å². The smallest absolute Gasteiger partial charge is 0.115 e. The Kier molecular flexibility index (Phi) is 3.36. The summed E-state index contributed by atoms with van der Waals surface area (Å²) in [5, 5.41) is 9.76. The van der Waals surface area contributed by atoms with Crippen molar-refractivity contribution in [2.45, 2.75) is 64.7 Å². The molecular weight excluding hydrogens is 268 g/mol. The Balaban J connectivity index is 1.69. The Morgan fingerprint density at radius 1 is 1.23 bits per heavy atom. The molecule has 2 fully saturated rings. The van der Waals surface area contributed by atoms with Crippen LogP contribution in [0.5, 0.6) is 5.75 Å². The highest BCUT2D eigenvalue weighted by atomic mass is 16.3. The summed E-state index contributed by atoms with van der Waals surface area (Å²) >= 11 is 0. The van der Waals surface area contributed by atoms with Gasteiger partial charge in [0.15, 0.2) is 0 Å². The maximum atomic E-state index is 9.76. The molecule has 118 valence electrons. The van der Waals surface area contributed by atoms with E-state index in [1.807, 2.05) is 12.1 Å². The number of fused-ring (bicyclic) bond motifs is 5. The first-order valence-electron chi connectivity index (χ1n) is 9.15. The van der Waals surface area contributed by atoms with Gasteiger partial charge in [-0.3, -0.25) is 0 Å². The van der Waals surface area contributed by atoms with Gasteiger partial charge in [0.25, 0.3) is 0 Å². The standard InChI is InChI=1S/C21H28O/c1-3-4-15-6-10-20-19-8-5-14-13-16(22)7-9-17(14)18(19)11-12-21(15,20)2/h4,7,9,13,18-20,22H,3,5-6,8,10-12H2,1-2H3/b15-4+/t18-,19-,20+,21-/m1/s1. The van der Waals surface area contributed by atoms with Crippen molar-refractivity contribution in [1.82, 2.24) is 0 Å². The van der Waals surface area contributed by atoms with E-state index in [9.17, 15) is 5.11 Å². The van der Waals surface area contributed by atoms with E-state index in [2.05, 4.69) is 26.0 Å². The summed E-state index contributed by atoms with van der Waals surface area (Å²) in [5.74, 6) is 2.92. The molecule has 0 aliphatic heterocycles. The van der Waals surface area contributed by atoms with Gasteiger partial charge in [-0.1, -0.05) is 31.6 Å². The molecule has 4 atom stereocenters. The fourth-order valence-corrected chi connectivity index (χ4v) is 6.00. The molecule has 3 aliphatic carbocycles. The maximum absolute atomic E-state index is 9.76. The highest BCUT2D eigenvalue weighted by Gasteiger charge is 2.52. The first-order chi connectivity index (χ1) is 10.6. The fraction of sp³-hybridized carbons (Fsp3) is 0.619. The quantitative estimate of drug-likeness (QED) is 0.670. The third-order valence-corrected chi connectivity index (χ3v) is 7.01. The molecule has 0 radical (unpaired) electrons. The van der Waals surface area contributed by atoms with Gasteiger partial charge in [-0.2, -0.15) is 0 Å². The van der Waals surface area contributed by atoms with Crippen LogP contribution in [0.2, 0.25) is 0 Å². The minimum atomic E-state index is 0.437. The molecule has 1 aromatic carbocycles. The van der Waals surface area contributed by atoms with Crippen LogP contribution in [-0.2, 0) is 6.42 Å². The molecule has 1 nitrogen and oxygen atoms in total. The van der Waals surface area contributed by atoms with Gasteiger partial charge >= 0.3 is 0 Å². The summed E-state index contributed by atoms with van der Waals surface area (Å²) in [6.07, 6.45) is 11.6. The van der Waals surface area contributed by atoms with Gasteiger partial charge < -0.3 is 5.11 Å². The van der Waals surface area contributed by atoms with E-state index in [4.69, 9.17) is 0 Å². The first-order valence-corrected chi connectivity index (χ1v) is 9.15. The summed E-state index contributed by atoms with van der Waals surface area (Å²) in [6.45, 7) is 4.83. The molecule has 3 aliphatic rings. The molecule has 22 heavy (non-hydrogen) atoms. The van der Waals surface area contributed by atoms with Crippen LogP contribution in [0.25, 0.3) is 0 Å². The van der Waals surface area contributed by atoms with E-state index in [0.717, 1.165) is 24.2 Å². The molecule has 0 heterocycles. The van der Waals surface area contributed by atoms with Crippen molar-refractivity contribution in [3.05, 3.63) is 41.0 Å². The molecule has 0 spiro atoms. The van der Waals surface area contributed by atoms with Gasteiger partial charge in [-0.15, -0.1) is 0 Å². The third kappa shape index (κ3) is 1.97. The molecule has 0 aromatic heterocycles. The van der Waals surface area contributed by atoms with Crippen LogP contribution in [0.1, 0.15) is 69.4 Å². The number of phenolic OH excluding ortho intramolecular Hbond substituents is 1. The van der Waals surface area contributed by atoms with Gasteiger partial charge in [0.05, 0.1) is 0 Å². The van der Waals surface area contributed by atoms with Crippen molar-refractivity contribution in [2.75, 3.05) is 0 Å². The van der Waals surface area contributed by atoms with Gasteiger partial charge in [0, 0.05) is 0 Å². The minimum absolute atomic E-state index is 0.437. The maximum Gasteiger partial charge on any atom is 0.115 e. The molecule has 0 bridgehead atoms. The van der Waals surface area contributed by atoms with Crippen LogP contribution >= 0.6 is 0 Å². The second-order valence-corrected chi connectivity index (χ2v) is 7.93. The average Bonchev–Trinajstić information content (AvgIpc) is 2.84. The number of hydrogen-bond donors (Lipinski definition) is 1. The number of allylic oxidation sites excluding steroid dienone is 2. The summed E-state index contributed by atoms with van der Waals surface area (Å²) in [6, 6.07) is 6.12. The predicted molar refractivity (Wildman–Crippen MR) is 91.1 cm³/mol. The summed E-state index contributed by atoms with van der Waals surface area (Å²) in [4.78, 5) is 0. The molecule has 4 rings (SSSR count). The topological polar surface area (TPSA) is 20.2 Å². The zero-order chi connectivity index (χ0) is 15.3. The number of aryl methyl sites for hydroxylation is 1. The normalized spacial score (nSPS) is 38.5. The third-order valence-electron chi connectivity index (χ3n) is 7.01. The van der Waals surface area contributed by atoms with Crippen molar-refractivity contribution in [3.8, 4) is 5.75 Å². The van der Waals surface area contributed by atoms with E-state index in [1.54, 1.807) is 11.1 Å².